The molecule has 2 aromatic rings. The Morgan fingerprint density at radius 2 is 1.87 bits per heavy atom. The lowest BCUT2D eigenvalue weighted by molar-refractivity contribution is -0.384. The Morgan fingerprint density at radius 1 is 1.22 bits per heavy atom. The molecule has 1 atom stereocenters. The number of carbonyl (C=O) groups excluding carboxylic acids is 1. The zero-order chi connectivity index (χ0) is 17.0. The molecule has 2 aromatic carbocycles. The van der Waals surface area contributed by atoms with Crippen molar-refractivity contribution in [2.45, 2.75) is 13.0 Å². The van der Waals surface area contributed by atoms with E-state index in [0.717, 1.165) is 0 Å². The predicted molar refractivity (Wildman–Crippen MR) is 86.6 cm³/mol. The van der Waals surface area contributed by atoms with Gasteiger partial charge in [-0.1, -0.05) is 12.1 Å². The van der Waals surface area contributed by atoms with Crippen molar-refractivity contribution >= 4 is 11.6 Å². The maximum atomic E-state index is 12.5. The van der Waals surface area contributed by atoms with Crippen molar-refractivity contribution in [2.24, 2.45) is 0 Å². The average Bonchev–Trinajstić information content (AvgIpc) is 2.60. The van der Waals surface area contributed by atoms with Crippen LogP contribution in [0.1, 0.15) is 28.9 Å². The summed E-state index contributed by atoms with van der Waals surface area (Å²) in [7, 11) is 3.24. The smallest absolute Gasteiger partial charge is 0.269 e. The van der Waals surface area contributed by atoms with E-state index in [4.69, 9.17) is 4.74 Å². The monoisotopic (exact) mass is 314 g/mol. The average molecular weight is 314 g/mol. The zero-order valence-electron chi connectivity index (χ0n) is 13.2. The van der Waals surface area contributed by atoms with E-state index in [1.807, 2.05) is 6.92 Å². The molecular weight excluding hydrogens is 296 g/mol. The molecule has 6 nitrogen and oxygen atoms in total. The number of benzene rings is 2. The van der Waals surface area contributed by atoms with Gasteiger partial charge in [0.2, 0.25) is 0 Å². The minimum atomic E-state index is -0.443. The molecule has 0 N–H and O–H groups in total. The predicted octanol–water partition coefficient (Wildman–Crippen LogP) is 3.44. The van der Waals surface area contributed by atoms with Gasteiger partial charge in [0.15, 0.2) is 0 Å². The Kier molecular flexibility index (Phi) is 4.95. The normalized spacial score (nSPS) is 11.6. The number of carbonyl (C=O) groups is 1. The highest BCUT2D eigenvalue weighted by Gasteiger charge is 2.20. The van der Waals surface area contributed by atoms with E-state index in [1.54, 1.807) is 55.5 Å². The van der Waals surface area contributed by atoms with Crippen LogP contribution in [0.15, 0.2) is 48.5 Å². The van der Waals surface area contributed by atoms with Gasteiger partial charge in [-0.25, -0.2) is 0 Å². The summed E-state index contributed by atoms with van der Waals surface area (Å²) in [6.07, 6.45) is 0. The summed E-state index contributed by atoms with van der Waals surface area (Å²) in [5, 5.41) is 10.9. The molecule has 0 aromatic heterocycles. The number of non-ortho nitro benzene ring substituents is 1. The van der Waals surface area contributed by atoms with Crippen LogP contribution in [-0.2, 0) is 0 Å². The van der Waals surface area contributed by atoms with E-state index in [9.17, 15) is 14.9 Å². The number of methoxy groups -OCH3 is 1. The summed E-state index contributed by atoms with van der Waals surface area (Å²) in [4.78, 5) is 24.5. The van der Waals surface area contributed by atoms with Crippen molar-refractivity contribution < 1.29 is 14.5 Å². The van der Waals surface area contributed by atoms with Crippen LogP contribution in [-0.4, -0.2) is 29.9 Å². The minimum absolute atomic E-state index is 0.0136. The summed E-state index contributed by atoms with van der Waals surface area (Å²) in [6, 6.07) is 12.9. The highest BCUT2D eigenvalue weighted by atomic mass is 16.6. The molecular formula is C17H18N2O4. The second kappa shape index (κ2) is 6.91. The molecule has 120 valence electrons. The second-order valence-electron chi connectivity index (χ2n) is 5.17. The number of nitro groups is 1. The number of amides is 1. The summed E-state index contributed by atoms with van der Waals surface area (Å²) < 4.78 is 5.07. The topological polar surface area (TPSA) is 72.7 Å². The molecule has 0 aliphatic rings. The van der Waals surface area contributed by atoms with E-state index in [2.05, 4.69) is 0 Å². The van der Waals surface area contributed by atoms with Crippen LogP contribution in [0.25, 0.3) is 0 Å². The SMILES string of the molecule is COc1ccc(C(=O)N(C)C(C)c2cccc([N+](=O)[O-])c2)cc1. The largest absolute Gasteiger partial charge is 0.497 e. The van der Waals surface area contributed by atoms with Crippen molar-refractivity contribution in [2.75, 3.05) is 14.2 Å². The van der Waals surface area contributed by atoms with Crippen LogP contribution in [0.4, 0.5) is 5.69 Å². The summed E-state index contributed by atoms with van der Waals surface area (Å²) >= 11 is 0. The Labute approximate surface area is 134 Å². The molecule has 0 bridgehead atoms. The lowest BCUT2D eigenvalue weighted by atomic mass is 10.1. The summed E-state index contributed by atoms with van der Waals surface area (Å²) in [6.45, 7) is 1.83. The standard InChI is InChI=1S/C17H18N2O4/c1-12(14-5-4-6-15(11-14)19(21)22)18(2)17(20)13-7-9-16(23-3)10-8-13/h4-12H,1-3H3. The third-order valence-corrected chi connectivity index (χ3v) is 3.80. The van der Waals surface area contributed by atoms with Crippen LogP contribution < -0.4 is 4.74 Å². The van der Waals surface area contributed by atoms with Crippen molar-refractivity contribution in [1.82, 2.24) is 4.90 Å². The van der Waals surface area contributed by atoms with Gasteiger partial charge in [-0.15, -0.1) is 0 Å². The molecule has 0 heterocycles. The van der Waals surface area contributed by atoms with E-state index < -0.39 is 4.92 Å². The fourth-order valence-corrected chi connectivity index (χ4v) is 2.23. The van der Waals surface area contributed by atoms with Gasteiger partial charge in [0.1, 0.15) is 5.75 Å². The number of nitrogens with zero attached hydrogens (tertiary/aromatic N) is 2. The Bertz CT molecular complexity index is 713. The molecule has 23 heavy (non-hydrogen) atoms. The first-order valence-corrected chi connectivity index (χ1v) is 7.09. The van der Waals surface area contributed by atoms with Gasteiger partial charge in [0.25, 0.3) is 11.6 Å². The number of hydrogen-bond acceptors (Lipinski definition) is 4. The highest BCUT2D eigenvalue weighted by molar-refractivity contribution is 5.94. The quantitative estimate of drug-likeness (QED) is 0.626. The maximum absolute atomic E-state index is 12.5. The van der Waals surface area contributed by atoms with Crippen LogP contribution in [0.3, 0.4) is 0 Å². The van der Waals surface area contributed by atoms with E-state index >= 15 is 0 Å². The summed E-state index contributed by atoms with van der Waals surface area (Å²) in [5.41, 5.74) is 1.26. The van der Waals surface area contributed by atoms with Crippen LogP contribution in [0, 0.1) is 10.1 Å². The third-order valence-electron chi connectivity index (χ3n) is 3.80. The van der Waals surface area contributed by atoms with Gasteiger partial charge < -0.3 is 9.64 Å². The molecule has 0 radical (unpaired) electrons. The minimum Gasteiger partial charge on any atom is -0.497 e. The Balaban J connectivity index is 2.20. The van der Waals surface area contributed by atoms with Crippen molar-refractivity contribution in [3.8, 4) is 5.75 Å². The Hall–Kier alpha value is -2.89. The van der Waals surface area contributed by atoms with Gasteiger partial charge in [-0.05, 0) is 36.8 Å². The lowest BCUT2D eigenvalue weighted by Gasteiger charge is -2.25. The Morgan fingerprint density at radius 3 is 2.43 bits per heavy atom. The van der Waals surface area contributed by atoms with Crippen LogP contribution in [0.5, 0.6) is 5.75 Å². The molecule has 2 rings (SSSR count). The van der Waals surface area contributed by atoms with E-state index in [1.165, 1.54) is 12.1 Å². The molecule has 0 fully saturated rings. The van der Waals surface area contributed by atoms with Gasteiger partial charge in [-0.3, -0.25) is 14.9 Å². The number of hydrogen-bond donors (Lipinski definition) is 0. The van der Waals surface area contributed by atoms with Crippen molar-refractivity contribution in [3.05, 3.63) is 69.8 Å². The van der Waals surface area contributed by atoms with E-state index in [-0.39, 0.29) is 17.6 Å². The van der Waals surface area contributed by atoms with Crippen LogP contribution in [0.2, 0.25) is 0 Å². The van der Waals surface area contributed by atoms with Gasteiger partial charge in [-0.2, -0.15) is 0 Å². The fourth-order valence-electron chi connectivity index (χ4n) is 2.23. The molecule has 6 heteroatoms. The lowest BCUT2D eigenvalue weighted by Crippen LogP contribution is -2.29. The van der Waals surface area contributed by atoms with Crippen molar-refractivity contribution in [3.63, 3.8) is 0 Å². The zero-order valence-corrected chi connectivity index (χ0v) is 13.2. The first-order chi connectivity index (χ1) is 10.9. The van der Waals surface area contributed by atoms with Gasteiger partial charge in [0, 0.05) is 24.7 Å². The molecule has 0 saturated carbocycles. The highest BCUT2D eigenvalue weighted by Crippen LogP contribution is 2.24. The van der Waals surface area contributed by atoms with Gasteiger partial charge >= 0.3 is 0 Å². The number of ether oxygens (including phenoxy) is 1. The number of nitro benzene ring substituents is 1. The first kappa shape index (κ1) is 16.5. The van der Waals surface area contributed by atoms with E-state index in [0.29, 0.717) is 16.9 Å². The molecule has 0 aliphatic heterocycles. The first-order valence-electron chi connectivity index (χ1n) is 7.09. The third kappa shape index (κ3) is 3.66. The fraction of sp³-hybridized carbons (Fsp3) is 0.235. The summed E-state index contributed by atoms with van der Waals surface area (Å²) in [5.74, 6) is 0.516. The molecule has 1 amide bonds. The maximum Gasteiger partial charge on any atom is 0.269 e. The van der Waals surface area contributed by atoms with Gasteiger partial charge in [0.05, 0.1) is 18.1 Å². The molecule has 0 aliphatic carbocycles. The van der Waals surface area contributed by atoms with Crippen LogP contribution >= 0.6 is 0 Å². The molecule has 1 unspecified atom stereocenters. The second-order valence-corrected chi connectivity index (χ2v) is 5.17. The molecule has 0 saturated heterocycles. The number of rotatable bonds is 5. The molecule has 0 spiro atoms. The van der Waals surface area contributed by atoms with Crippen molar-refractivity contribution in [1.29, 1.82) is 0 Å².